The van der Waals surface area contributed by atoms with Gasteiger partial charge in [-0.3, -0.25) is 0 Å². The minimum Gasteiger partial charge on any atom is -0.445 e. The van der Waals surface area contributed by atoms with E-state index >= 15 is 0 Å². The number of oxazole rings is 1. The van der Waals surface area contributed by atoms with E-state index in [4.69, 9.17) is 4.42 Å². The first-order chi connectivity index (χ1) is 8.11. The molecule has 0 radical (unpaired) electrons. The van der Waals surface area contributed by atoms with Crippen LogP contribution in [0.3, 0.4) is 0 Å². The van der Waals surface area contributed by atoms with Crippen LogP contribution in [-0.2, 0) is 14.6 Å². The zero-order valence-electron chi connectivity index (χ0n) is 8.86. The molecule has 0 saturated carbocycles. The van der Waals surface area contributed by atoms with Crippen LogP contribution in [0, 0.1) is 0 Å². The summed E-state index contributed by atoms with van der Waals surface area (Å²) in [7, 11) is -2.95. The van der Waals surface area contributed by atoms with Gasteiger partial charge in [-0.15, -0.1) is 0 Å². The van der Waals surface area contributed by atoms with Crippen molar-refractivity contribution in [2.45, 2.75) is 0 Å². The molecule has 0 aliphatic heterocycles. The Hall–Kier alpha value is -1.86. The van der Waals surface area contributed by atoms with Crippen molar-refractivity contribution in [3.63, 3.8) is 0 Å². The maximum absolute atomic E-state index is 11.0. The normalized spacial score (nSPS) is 11.4. The highest BCUT2D eigenvalue weighted by Crippen LogP contribution is 2.21. The summed E-state index contributed by atoms with van der Waals surface area (Å²) in [6, 6.07) is 6.23. The predicted octanol–water partition coefficient (Wildman–Crippen LogP) is 1.61. The molecule has 2 rings (SSSR count). The first-order valence-corrected chi connectivity index (χ1v) is 5.94. The first-order valence-electron chi connectivity index (χ1n) is 4.61. The number of benzene rings is 1. The number of hydrogen-bond acceptors (Lipinski definition) is 6. The van der Waals surface area contributed by atoms with Crippen LogP contribution >= 0.6 is 0 Å². The van der Waals surface area contributed by atoms with Crippen LogP contribution in [0.15, 0.2) is 41.1 Å². The van der Waals surface area contributed by atoms with Gasteiger partial charge in [0.15, 0.2) is 0 Å². The highest BCUT2D eigenvalue weighted by molar-refractivity contribution is 7.82. The summed E-state index contributed by atoms with van der Waals surface area (Å²) in [6.07, 6.45) is 2.98. The molecule has 2 aromatic rings. The quantitative estimate of drug-likeness (QED) is 0.825. The van der Waals surface area contributed by atoms with Crippen molar-refractivity contribution in [2.75, 3.05) is 7.11 Å². The monoisotopic (exact) mass is 255 g/mol. The van der Waals surface area contributed by atoms with Crippen molar-refractivity contribution in [2.24, 2.45) is 0 Å². The van der Waals surface area contributed by atoms with Gasteiger partial charge in [0.1, 0.15) is 12.0 Å². The average molecular weight is 255 g/mol. The largest absolute Gasteiger partial charge is 0.448 e. The van der Waals surface area contributed by atoms with Gasteiger partial charge >= 0.3 is 10.4 Å². The zero-order valence-corrected chi connectivity index (χ0v) is 9.68. The molecule has 7 heteroatoms. The van der Waals surface area contributed by atoms with Gasteiger partial charge in [0.2, 0.25) is 5.89 Å². The Bertz CT molecular complexity index is 574. The second-order valence-corrected chi connectivity index (χ2v) is 4.34. The smallest absolute Gasteiger partial charge is 0.445 e. The molecule has 1 heterocycles. The van der Waals surface area contributed by atoms with Gasteiger partial charge in [-0.1, -0.05) is 0 Å². The van der Waals surface area contributed by atoms with E-state index < -0.39 is 10.4 Å². The van der Waals surface area contributed by atoms with Gasteiger partial charge in [0, 0.05) is 5.56 Å². The third-order valence-corrected chi connectivity index (χ3v) is 2.74. The standard InChI is InChI=1S/C10H9NO5S/c1-14-17(12,13)16-9-4-2-8(3-5-9)10-11-6-7-15-10/h2-7H,1H3. The molecule has 0 bridgehead atoms. The second kappa shape index (κ2) is 4.56. The van der Waals surface area contributed by atoms with Crippen molar-refractivity contribution < 1.29 is 21.2 Å². The highest BCUT2D eigenvalue weighted by atomic mass is 32.3. The molecule has 0 atom stereocenters. The molecule has 0 spiro atoms. The van der Waals surface area contributed by atoms with Crippen LogP contribution in [0.1, 0.15) is 0 Å². The third-order valence-electron chi connectivity index (χ3n) is 1.94. The molecule has 0 unspecified atom stereocenters. The Balaban J connectivity index is 2.19. The fourth-order valence-corrected chi connectivity index (χ4v) is 1.59. The van der Waals surface area contributed by atoms with Crippen molar-refractivity contribution in [1.82, 2.24) is 4.98 Å². The van der Waals surface area contributed by atoms with E-state index in [0.29, 0.717) is 5.89 Å². The minimum absolute atomic E-state index is 0.155. The molecule has 1 aromatic carbocycles. The summed E-state index contributed by atoms with van der Waals surface area (Å²) in [4.78, 5) is 3.96. The first kappa shape index (κ1) is 11.6. The summed E-state index contributed by atoms with van der Waals surface area (Å²) < 4.78 is 35.9. The Kier molecular flexibility index (Phi) is 3.12. The van der Waals surface area contributed by atoms with Gasteiger partial charge < -0.3 is 8.60 Å². The Morgan fingerprint density at radius 1 is 1.24 bits per heavy atom. The fourth-order valence-electron chi connectivity index (χ4n) is 1.17. The molecule has 1 aromatic heterocycles. The number of nitrogens with zero attached hydrogens (tertiary/aromatic N) is 1. The van der Waals surface area contributed by atoms with Gasteiger partial charge in [0.05, 0.1) is 13.3 Å². The summed E-state index contributed by atoms with van der Waals surface area (Å²) >= 11 is 0. The molecule has 17 heavy (non-hydrogen) atoms. The van der Waals surface area contributed by atoms with Crippen molar-refractivity contribution in [3.8, 4) is 17.2 Å². The molecular formula is C10H9NO5S. The van der Waals surface area contributed by atoms with E-state index in [2.05, 4.69) is 13.4 Å². The Morgan fingerprint density at radius 2 is 1.94 bits per heavy atom. The van der Waals surface area contributed by atoms with E-state index in [1.165, 1.54) is 24.6 Å². The topological polar surface area (TPSA) is 78.6 Å². The lowest BCUT2D eigenvalue weighted by Gasteiger charge is -2.04. The lowest BCUT2D eigenvalue weighted by Crippen LogP contribution is -2.10. The van der Waals surface area contributed by atoms with E-state index in [-0.39, 0.29) is 5.75 Å². The maximum Gasteiger partial charge on any atom is 0.448 e. The lowest BCUT2D eigenvalue weighted by molar-refractivity contribution is 0.330. The third kappa shape index (κ3) is 2.83. The summed E-state index contributed by atoms with van der Waals surface area (Å²) in [6.45, 7) is 0. The molecule has 0 fully saturated rings. The average Bonchev–Trinajstić information content (AvgIpc) is 2.83. The zero-order chi connectivity index (χ0) is 12.3. The molecule has 0 aliphatic rings. The summed E-state index contributed by atoms with van der Waals surface area (Å²) in [5.41, 5.74) is 0.720. The van der Waals surface area contributed by atoms with Gasteiger partial charge in [-0.2, -0.15) is 8.42 Å². The van der Waals surface area contributed by atoms with Gasteiger partial charge in [-0.25, -0.2) is 9.17 Å². The molecule has 90 valence electrons. The van der Waals surface area contributed by atoms with Crippen molar-refractivity contribution >= 4 is 10.4 Å². The molecule has 0 aliphatic carbocycles. The predicted molar refractivity (Wildman–Crippen MR) is 58.5 cm³/mol. The van der Waals surface area contributed by atoms with Crippen LogP contribution < -0.4 is 4.18 Å². The van der Waals surface area contributed by atoms with Crippen LogP contribution in [0.4, 0.5) is 0 Å². The highest BCUT2D eigenvalue weighted by Gasteiger charge is 2.11. The number of hydrogen-bond donors (Lipinski definition) is 0. The molecule has 0 N–H and O–H groups in total. The van der Waals surface area contributed by atoms with Crippen LogP contribution in [0.25, 0.3) is 11.5 Å². The van der Waals surface area contributed by atoms with E-state index in [9.17, 15) is 8.42 Å². The van der Waals surface area contributed by atoms with Gasteiger partial charge in [-0.05, 0) is 24.3 Å². The van der Waals surface area contributed by atoms with Gasteiger partial charge in [0.25, 0.3) is 0 Å². The second-order valence-electron chi connectivity index (χ2n) is 3.02. The van der Waals surface area contributed by atoms with Crippen molar-refractivity contribution in [1.29, 1.82) is 0 Å². The van der Waals surface area contributed by atoms with Crippen LogP contribution in [0.5, 0.6) is 5.75 Å². The lowest BCUT2D eigenvalue weighted by atomic mass is 10.2. The fraction of sp³-hybridized carbons (Fsp3) is 0.100. The number of rotatable bonds is 4. The Morgan fingerprint density at radius 3 is 2.47 bits per heavy atom. The molecule has 0 saturated heterocycles. The molecule has 0 amide bonds. The SMILES string of the molecule is COS(=O)(=O)Oc1ccc(-c2ncco2)cc1. The Labute approximate surface area is 98.1 Å². The molecule has 6 nitrogen and oxygen atoms in total. The minimum atomic E-state index is -3.98. The van der Waals surface area contributed by atoms with E-state index in [1.807, 2.05) is 0 Å². The summed E-state index contributed by atoms with van der Waals surface area (Å²) in [5.74, 6) is 0.605. The summed E-state index contributed by atoms with van der Waals surface area (Å²) in [5, 5.41) is 0. The van der Waals surface area contributed by atoms with E-state index in [1.54, 1.807) is 12.1 Å². The van der Waals surface area contributed by atoms with Crippen LogP contribution in [-0.4, -0.2) is 20.5 Å². The van der Waals surface area contributed by atoms with Crippen LogP contribution in [0.2, 0.25) is 0 Å². The van der Waals surface area contributed by atoms with Crippen molar-refractivity contribution in [3.05, 3.63) is 36.7 Å². The molecular weight excluding hydrogens is 246 g/mol. The maximum atomic E-state index is 11.0. The van der Waals surface area contributed by atoms with E-state index in [0.717, 1.165) is 12.7 Å². The number of aromatic nitrogens is 1.